The highest BCUT2D eigenvalue weighted by Gasteiger charge is 2.54. The number of amides is 1. The monoisotopic (exact) mass is 351 g/mol. The van der Waals surface area contributed by atoms with Gasteiger partial charge in [-0.2, -0.15) is 26.3 Å². The Kier molecular flexibility index (Phi) is 7.68. The van der Waals surface area contributed by atoms with E-state index in [0.717, 1.165) is 13.1 Å². The van der Waals surface area contributed by atoms with E-state index in [0.29, 0.717) is 13.2 Å². The lowest BCUT2D eigenvalue weighted by atomic mass is 10.2. The Balaban J connectivity index is 0.000000422. The van der Waals surface area contributed by atoms with Gasteiger partial charge in [-0.15, -0.1) is 0 Å². The first-order valence-electron chi connectivity index (χ1n) is 6.37. The van der Waals surface area contributed by atoms with Crippen LogP contribution in [0.4, 0.5) is 26.3 Å². The van der Waals surface area contributed by atoms with Crippen LogP contribution < -0.4 is 0 Å². The first-order chi connectivity index (χ1) is 10.3. The zero-order valence-corrected chi connectivity index (χ0v) is 12.3. The molecule has 0 atom stereocenters. The predicted octanol–water partition coefficient (Wildman–Crippen LogP) is 1.75. The summed E-state index contributed by atoms with van der Waals surface area (Å²) in [5.74, 6) is -6.45. The first-order valence-corrected chi connectivity index (χ1v) is 6.37. The molecule has 1 heterocycles. The second kappa shape index (κ2) is 8.27. The summed E-state index contributed by atoms with van der Waals surface area (Å²) >= 11 is 0. The van der Waals surface area contributed by atoms with Crippen molar-refractivity contribution in [2.24, 2.45) is 5.92 Å². The third-order valence-corrected chi connectivity index (χ3v) is 2.54. The maximum absolute atomic E-state index is 11.4. The van der Waals surface area contributed by atoms with Crippen LogP contribution in [-0.2, 0) is 19.1 Å². The van der Waals surface area contributed by atoms with E-state index in [1.54, 1.807) is 0 Å². The fraction of sp³-hybridized carbons (Fsp3) is 0.750. The summed E-state index contributed by atoms with van der Waals surface area (Å²) in [7, 11) is 0. The number of nitrogens with zero attached hydrogens (tertiary/aromatic N) is 1. The van der Waals surface area contributed by atoms with E-state index in [9.17, 15) is 40.7 Å². The Morgan fingerprint density at radius 1 is 0.870 bits per heavy atom. The summed E-state index contributed by atoms with van der Waals surface area (Å²) in [6.07, 6.45) is -11.5. The molecule has 0 aromatic carbocycles. The van der Waals surface area contributed by atoms with E-state index in [1.807, 2.05) is 18.7 Å². The van der Waals surface area contributed by atoms with Gasteiger partial charge >= 0.3 is 23.9 Å². The minimum Gasteiger partial charge on any atom is -0.378 e. The van der Waals surface area contributed by atoms with Crippen molar-refractivity contribution in [3.8, 4) is 0 Å². The van der Waals surface area contributed by atoms with E-state index >= 15 is 0 Å². The average Bonchev–Trinajstić information content (AvgIpc) is 2.44. The van der Waals surface area contributed by atoms with Crippen LogP contribution in [0.1, 0.15) is 13.8 Å². The van der Waals surface area contributed by atoms with Gasteiger partial charge in [0.15, 0.2) is 0 Å². The van der Waals surface area contributed by atoms with Gasteiger partial charge in [0.1, 0.15) is 0 Å². The topological polar surface area (TPSA) is 63.7 Å². The van der Waals surface area contributed by atoms with Crippen LogP contribution >= 0.6 is 0 Å². The van der Waals surface area contributed by atoms with E-state index in [1.165, 1.54) is 0 Å². The summed E-state index contributed by atoms with van der Waals surface area (Å²) in [5.41, 5.74) is 0. The van der Waals surface area contributed by atoms with Crippen LogP contribution in [0, 0.1) is 5.92 Å². The average molecular weight is 351 g/mol. The third-order valence-electron chi connectivity index (χ3n) is 2.54. The number of morpholine rings is 1. The third kappa shape index (κ3) is 7.44. The molecule has 0 spiro atoms. The van der Waals surface area contributed by atoms with E-state index in [4.69, 9.17) is 4.74 Å². The molecular weight excluding hydrogens is 336 g/mol. The molecule has 1 rings (SSSR count). The molecule has 0 aromatic rings. The second-order valence-electron chi connectivity index (χ2n) is 4.75. The van der Waals surface area contributed by atoms with Crippen LogP contribution in [0.3, 0.4) is 0 Å². The molecule has 0 bridgehead atoms. The maximum atomic E-state index is 11.4. The van der Waals surface area contributed by atoms with Crippen LogP contribution in [0.15, 0.2) is 0 Å². The summed E-state index contributed by atoms with van der Waals surface area (Å²) < 4.78 is 72.1. The zero-order chi connectivity index (χ0) is 18.4. The molecule has 1 fully saturated rings. The van der Waals surface area contributed by atoms with Gasteiger partial charge in [-0.25, -0.2) is 0 Å². The lowest BCUT2D eigenvalue weighted by Crippen LogP contribution is -2.42. The number of hydrogen-bond acceptors (Lipinski definition) is 4. The molecule has 1 aliphatic rings. The van der Waals surface area contributed by atoms with Crippen molar-refractivity contribution >= 4 is 17.5 Å². The highest BCUT2D eigenvalue weighted by atomic mass is 19.4. The number of hydrogen-bond donors (Lipinski definition) is 0. The number of carbonyl (C=O) groups excluding carboxylic acids is 3. The van der Waals surface area contributed by atoms with Gasteiger partial charge in [-0.05, 0) is 0 Å². The van der Waals surface area contributed by atoms with Crippen molar-refractivity contribution in [1.29, 1.82) is 0 Å². The molecule has 5 nitrogen and oxygen atoms in total. The van der Waals surface area contributed by atoms with Crippen LogP contribution in [0.2, 0.25) is 0 Å². The molecule has 134 valence electrons. The van der Waals surface area contributed by atoms with Crippen molar-refractivity contribution in [2.75, 3.05) is 26.3 Å². The molecule has 0 radical (unpaired) electrons. The fourth-order valence-electron chi connectivity index (χ4n) is 1.41. The lowest BCUT2D eigenvalue weighted by molar-refractivity contribution is -0.193. The van der Waals surface area contributed by atoms with E-state index in [-0.39, 0.29) is 11.8 Å². The van der Waals surface area contributed by atoms with Gasteiger partial charge < -0.3 is 9.64 Å². The molecule has 0 aromatic heterocycles. The van der Waals surface area contributed by atoms with Crippen LogP contribution in [0.25, 0.3) is 0 Å². The maximum Gasteiger partial charge on any atom is 0.458 e. The van der Waals surface area contributed by atoms with Gasteiger partial charge in [-0.1, -0.05) is 13.8 Å². The van der Waals surface area contributed by atoms with Crippen molar-refractivity contribution in [1.82, 2.24) is 4.90 Å². The van der Waals surface area contributed by atoms with Crippen LogP contribution in [-0.4, -0.2) is 61.0 Å². The molecule has 1 saturated heterocycles. The first kappa shape index (κ1) is 21.4. The Morgan fingerprint density at radius 3 is 1.48 bits per heavy atom. The largest absolute Gasteiger partial charge is 0.458 e. The van der Waals surface area contributed by atoms with Crippen LogP contribution in [0.5, 0.6) is 0 Å². The molecule has 23 heavy (non-hydrogen) atoms. The summed E-state index contributed by atoms with van der Waals surface area (Å²) in [6, 6.07) is 0. The quantitative estimate of drug-likeness (QED) is 0.562. The van der Waals surface area contributed by atoms with Crippen molar-refractivity contribution in [3.63, 3.8) is 0 Å². The highest BCUT2D eigenvalue weighted by molar-refractivity contribution is 6.41. The van der Waals surface area contributed by atoms with E-state index < -0.39 is 23.9 Å². The van der Waals surface area contributed by atoms with Crippen molar-refractivity contribution in [2.45, 2.75) is 26.2 Å². The number of Topliss-reactive ketones (excluding diaryl/α,β-unsaturated/α-hetero) is 2. The number of ether oxygens (including phenoxy) is 1. The highest BCUT2D eigenvalue weighted by Crippen LogP contribution is 2.23. The van der Waals surface area contributed by atoms with E-state index in [2.05, 4.69) is 0 Å². The van der Waals surface area contributed by atoms with Gasteiger partial charge in [0.25, 0.3) is 0 Å². The van der Waals surface area contributed by atoms with Gasteiger partial charge in [0.05, 0.1) is 13.2 Å². The number of carbonyl (C=O) groups is 3. The van der Waals surface area contributed by atoms with Gasteiger partial charge in [0, 0.05) is 19.0 Å². The molecule has 0 N–H and O–H groups in total. The molecular formula is C12H15F6NO4. The lowest BCUT2D eigenvalue weighted by Gasteiger charge is -2.28. The minimum absolute atomic E-state index is 0.119. The van der Waals surface area contributed by atoms with Crippen molar-refractivity contribution in [3.05, 3.63) is 0 Å². The molecule has 0 unspecified atom stereocenters. The number of rotatable bonds is 2. The smallest absolute Gasteiger partial charge is 0.378 e. The number of ketones is 2. The summed E-state index contributed by atoms with van der Waals surface area (Å²) in [4.78, 5) is 32.5. The SMILES string of the molecule is CC(C)C(=O)N1CCOCC1.O=C(C(=O)C(F)(F)F)C(F)(F)F. The number of halogens is 6. The predicted molar refractivity (Wildman–Crippen MR) is 64.4 cm³/mol. The normalized spacial score (nSPS) is 15.8. The standard InChI is InChI=1S/C8H15NO2.C4F6O2/c1-7(2)8(10)9-3-5-11-6-4-9;5-3(6,7)1(11)2(12)4(8,9)10/h7H,3-6H2,1-2H3;. The van der Waals surface area contributed by atoms with Gasteiger partial charge in [0.2, 0.25) is 5.91 Å². The molecule has 1 amide bonds. The summed E-state index contributed by atoms with van der Waals surface area (Å²) in [5, 5.41) is 0. The number of alkyl halides is 6. The molecule has 0 aliphatic carbocycles. The Labute approximate surface area is 127 Å². The Bertz CT molecular complexity index is 414. The minimum atomic E-state index is -5.77. The fourth-order valence-corrected chi connectivity index (χ4v) is 1.41. The molecule has 1 aliphatic heterocycles. The van der Waals surface area contributed by atoms with Gasteiger partial charge in [-0.3, -0.25) is 14.4 Å². The Morgan fingerprint density at radius 2 is 1.22 bits per heavy atom. The zero-order valence-electron chi connectivity index (χ0n) is 12.3. The van der Waals surface area contributed by atoms with Crippen molar-refractivity contribution < 1.29 is 45.5 Å². The Hall–Kier alpha value is -1.65. The molecule has 0 saturated carbocycles. The summed E-state index contributed by atoms with van der Waals surface area (Å²) in [6.45, 7) is 6.76. The molecule has 11 heteroatoms. The second-order valence-corrected chi connectivity index (χ2v) is 4.75.